The predicted octanol–water partition coefficient (Wildman–Crippen LogP) is 1.27. The van der Waals surface area contributed by atoms with E-state index in [0.29, 0.717) is 11.4 Å². The number of methoxy groups -OCH3 is 1. The molecular weight excluding hydrogens is 202 g/mol. The number of aromatic hydroxyl groups is 1. The van der Waals surface area contributed by atoms with E-state index in [-0.39, 0.29) is 17.4 Å². The molecule has 0 aliphatic rings. The van der Waals surface area contributed by atoms with Gasteiger partial charge >= 0.3 is 0 Å². The van der Waals surface area contributed by atoms with Crippen molar-refractivity contribution in [2.24, 2.45) is 0 Å². The van der Waals surface area contributed by atoms with Gasteiger partial charge < -0.3 is 15.2 Å². The molecule has 2 N–H and O–H groups in total. The largest absolute Gasteiger partial charge is 0.504 e. The standard InChI is InChI=1S/C9H11NO3S/c1-13-8-3-2-6(4-7(8)11)10-9(12)5-14/h2-4,11,14H,5H2,1H3,(H,10,12). The van der Waals surface area contributed by atoms with Gasteiger partial charge in [0.2, 0.25) is 5.91 Å². The second-order valence-corrected chi connectivity index (χ2v) is 2.91. The minimum Gasteiger partial charge on any atom is -0.504 e. The molecule has 0 saturated heterocycles. The number of carbonyl (C=O) groups is 1. The molecule has 0 atom stereocenters. The fourth-order valence-corrected chi connectivity index (χ4v) is 1.05. The molecule has 1 aromatic carbocycles. The number of benzene rings is 1. The van der Waals surface area contributed by atoms with Crippen molar-refractivity contribution >= 4 is 24.2 Å². The fourth-order valence-electron chi connectivity index (χ4n) is 0.968. The Morgan fingerprint density at radius 2 is 2.36 bits per heavy atom. The molecule has 0 aromatic heterocycles. The van der Waals surface area contributed by atoms with Crippen LogP contribution >= 0.6 is 12.6 Å². The molecule has 1 amide bonds. The van der Waals surface area contributed by atoms with Crippen molar-refractivity contribution in [1.29, 1.82) is 0 Å². The van der Waals surface area contributed by atoms with Gasteiger partial charge in [-0.15, -0.1) is 0 Å². The minimum absolute atomic E-state index is 0.00976. The number of rotatable bonds is 3. The number of phenolic OH excluding ortho intramolecular Hbond substituents is 1. The van der Waals surface area contributed by atoms with Crippen molar-refractivity contribution in [3.05, 3.63) is 18.2 Å². The monoisotopic (exact) mass is 213 g/mol. The first-order chi connectivity index (χ1) is 6.67. The zero-order valence-electron chi connectivity index (χ0n) is 7.65. The maximum absolute atomic E-state index is 10.9. The number of hydrogen-bond donors (Lipinski definition) is 3. The van der Waals surface area contributed by atoms with Crippen molar-refractivity contribution < 1.29 is 14.6 Å². The van der Waals surface area contributed by atoms with Crippen molar-refractivity contribution in [1.82, 2.24) is 0 Å². The van der Waals surface area contributed by atoms with E-state index in [4.69, 9.17) is 4.74 Å². The van der Waals surface area contributed by atoms with Crippen molar-refractivity contribution in [3.63, 3.8) is 0 Å². The van der Waals surface area contributed by atoms with Crippen LogP contribution in [0.15, 0.2) is 18.2 Å². The molecule has 0 heterocycles. The lowest BCUT2D eigenvalue weighted by atomic mass is 10.3. The van der Waals surface area contributed by atoms with E-state index in [9.17, 15) is 9.90 Å². The normalized spacial score (nSPS) is 9.57. The first-order valence-corrected chi connectivity index (χ1v) is 4.58. The second-order valence-electron chi connectivity index (χ2n) is 2.59. The highest BCUT2D eigenvalue weighted by atomic mass is 32.1. The average Bonchev–Trinajstić information content (AvgIpc) is 2.18. The molecule has 0 fully saturated rings. The number of nitrogens with one attached hydrogen (secondary N) is 1. The number of thiol groups is 1. The SMILES string of the molecule is COc1ccc(NC(=O)CS)cc1O. The Labute approximate surface area is 87.3 Å². The quantitative estimate of drug-likeness (QED) is 0.663. The number of amides is 1. The van der Waals surface area contributed by atoms with Gasteiger partial charge in [0.15, 0.2) is 11.5 Å². The topological polar surface area (TPSA) is 58.6 Å². The van der Waals surface area contributed by atoms with E-state index in [0.717, 1.165) is 0 Å². The average molecular weight is 213 g/mol. The first-order valence-electron chi connectivity index (χ1n) is 3.95. The summed E-state index contributed by atoms with van der Waals surface area (Å²) < 4.78 is 4.85. The molecule has 0 spiro atoms. The van der Waals surface area contributed by atoms with Crippen LogP contribution < -0.4 is 10.1 Å². The summed E-state index contributed by atoms with van der Waals surface area (Å²) in [6.07, 6.45) is 0. The molecule has 4 nitrogen and oxygen atoms in total. The van der Waals surface area contributed by atoms with E-state index >= 15 is 0 Å². The molecule has 0 saturated carbocycles. The third-order valence-corrected chi connectivity index (χ3v) is 1.89. The molecule has 76 valence electrons. The molecule has 0 aliphatic carbocycles. The molecule has 1 aromatic rings. The van der Waals surface area contributed by atoms with Crippen LogP contribution in [0.3, 0.4) is 0 Å². The van der Waals surface area contributed by atoms with Gasteiger partial charge in [-0.3, -0.25) is 4.79 Å². The van der Waals surface area contributed by atoms with Crippen molar-refractivity contribution in [2.45, 2.75) is 0 Å². The Hall–Kier alpha value is -1.36. The molecule has 5 heteroatoms. The van der Waals surface area contributed by atoms with Gasteiger partial charge in [-0.25, -0.2) is 0 Å². The van der Waals surface area contributed by atoms with Gasteiger partial charge in [0, 0.05) is 11.8 Å². The first kappa shape index (κ1) is 10.7. The third kappa shape index (κ3) is 2.56. The Bertz CT molecular complexity index is 341. The van der Waals surface area contributed by atoms with Crippen LogP contribution in [0.4, 0.5) is 5.69 Å². The fraction of sp³-hybridized carbons (Fsp3) is 0.222. The lowest BCUT2D eigenvalue weighted by Gasteiger charge is -2.06. The third-order valence-electron chi connectivity index (χ3n) is 1.61. The van der Waals surface area contributed by atoms with Crippen molar-refractivity contribution in [2.75, 3.05) is 18.2 Å². The van der Waals surface area contributed by atoms with Gasteiger partial charge in [0.1, 0.15) is 0 Å². The van der Waals surface area contributed by atoms with Crippen LogP contribution in [0.2, 0.25) is 0 Å². The van der Waals surface area contributed by atoms with E-state index in [1.807, 2.05) is 0 Å². The summed E-state index contributed by atoms with van der Waals surface area (Å²) in [5, 5.41) is 11.9. The zero-order valence-corrected chi connectivity index (χ0v) is 8.54. The molecule has 1 rings (SSSR count). The lowest BCUT2D eigenvalue weighted by molar-refractivity contribution is -0.113. The van der Waals surface area contributed by atoms with Crippen LogP contribution in [-0.4, -0.2) is 23.9 Å². The summed E-state index contributed by atoms with van der Waals surface area (Å²) in [6.45, 7) is 0. The number of anilines is 1. The number of carbonyl (C=O) groups excluding carboxylic acids is 1. The van der Waals surface area contributed by atoms with Crippen LogP contribution in [-0.2, 0) is 4.79 Å². The second kappa shape index (κ2) is 4.76. The van der Waals surface area contributed by atoms with Gasteiger partial charge in [-0.2, -0.15) is 12.6 Å². The van der Waals surface area contributed by atoms with E-state index in [2.05, 4.69) is 17.9 Å². The Morgan fingerprint density at radius 3 is 2.86 bits per heavy atom. The zero-order chi connectivity index (χ0) is 10.6. The summed E-state index contributed by atoms with van der Waals surface area (Å²) >= 11 is 3.81. The summed E-state index contributed by atoms with van der Waals surface area (Å²) in [5.74, 6) is 0.239. The highest BCUT2D eigenvalue weighted by molar-refractivity contribution is 7.81. The van der Waals surface area contributed by atoms with E-state index in [1.165, 1.54) is 13.2 Å². The summed E-state index contributed by atoms with van der Waals surface area (Å²) in [5.41, 5.74) is 0.516. The highest BCUT2D eigenvalue weighted by Gasteiger charge is 2.04. The van der Waals surface area contributed by atoms with E-state index < -0.39 is 0 Å². The molecular formula is C9H11NO3S. The molecule has 0 radical (unpaired) electrons. The van der Waals surface area contributed by atoms with Gasteiger partial charge in [0.25, 0.3) is 0 Å². The van der Waals surface area contributed by atoms with Crippen LogP contribution in [0, 0.1) is 0 Å². The maximum atomic E-state index is 10.9. The van der Waals surface area contributed by atoms with Crippen LogP contribution in [0.5, 0.6) is 11.5 Å². The minimum atomic E-state index is -0.224. The number of ether oxygens (including phenoxy) is 1. The highest BCUT2D eigenvalue weighted by Crippen LogP contribution is 2.28. The van der Waals surface area contributed by atoms with Crippen LogP contribution in [0.1, 0.15) is 0 Å². The maximum Gasteiger partial charge on any atom is 0.234 e. The predicted molar refractivity (Wildman–Crippen MR) is 57.1 cm³/mol. The molecule has 0 unspecified atom stereocenters. The Kier molecular flexibility index (Phi) is 3.64. The molecule has 0 bridgehead atoms. The van der Waals surface area contributed by atoms with Crippen LogP contribution in [0.25, 0.3) is 0 Å². The lowest BCUT2D eigenvalue weighted by Crippen LogP contribution is -2.12. The van der Waals surface area contributed by atoms with Gasteiger partial charge in [-0.05, 0) is 12.1 Å². The summed E-state index contributed by atoms with van der Waals surface area (Å²) in [6, 6.07) is 4.63. The summed E-state index contributed by atoms with van der Waals surface area (Å²) in [7, 11) is 1.46. The number of phenols is 1. The molecule has 0 aliphatic heterocycles. The van der Waals surface area contributed by atoms with Crippen molar-refractivity contribution in [3.8, 4) is 11.5 Å². The van der Waals surface area contributed by atoms with Gasteiger partial charge in [-0.1, -0.05) is 0 Å². The Morgan fingerprint density at radius 1 is 1.64 bits per heavy atom. The van der Waals surface area contributed by atoms with Gasteiger partial charge in [0.05, 0.1) is 12.9 Å². The molecule has 14 heavy (non-hydrogen) atoms. The number of hydrogen-bond acceptors (Lipinski definition) is 4. The van der Waals surface area contributed by atoms with E-state index in [1.54, 1.807) is 12.1 Å². The smallest absolute Gasteiger partial charge is 0.234 e. The summed E-state index contributed by atoms with van der Waals surface area (Å²) in [4.78, 5) is 10.9. The Balaban J connectivity index is 2.81.